The molecule has 46 heavy (non-hydrogen) atoms. The van der Waals surface area contributed by atoms with E-state index in [0.29, 0.717) is 58.8 Å². The molecule has 0 bridgehead atoms. The number of benzene rings is 2. The molecule has 0 radical (unpaired) electrons. The van der Waals surface area contributed by atoms with E-state index in [-0.39, 0.29) is 21.3 Å². The summed E-state index contributed by atoms with van der Waals surface area (Å²) in [6.07, 6.45) is -2.08. The minimum Gasteiger partial charge on any atom is -0.480 e. The number of anilines is 1. The second-order valence-corrected chi connectivity index (χ2v) is 12.4. The van der Waals surface area contributed by atoms with Crippen molar-refractivity contribution in [3.8, 4) is 27.9 Å². The van der Waals surface area contributed by atoms with E-state index in [1.54, 1.807) is 22.8 Å². The van der Waals surface area contributed by atoms with Gasteiger partial charge in [0.05, 0.1) is 5.69 Å². The van der Waals surface area contributed by atoms with Gasteiger partial charge in [-0.05, 0) is 68.8 Å². The van der Waals surface area contributed by atoms with E-state index in [2.05, 4.69) is 20.5 Å². The van der Waals surface area contributed by atoms with Crippen molar-refractivity contribution in [1.29, 1.82) is 5.26 Å². The molecule has 0 amide bonds. The SMILES string of the molecule is CCn1cc(/C(=N/Nc2nc(-c3ccc(F)cc3)c(C#N)s2)C(F)(F)F)c2cc(-c3nc(CN4CCC[C@H]4C(=O)O)cs3)ccc21. The second kappa shape index (κ2) is 12.6. The van der Waals surface area contributed by atoms with Gasteiger partial charge in [-0.2, -0.15) is 23.5 Å². The summed E-state index contributed by atoms with van der Waals surface area (Å²) in [6.45, 7) is 3.27. The van der Waals surface area contributed by atoms with Gasteiger partial charge in [0.25, 0.3) is 0 Å². The molecule has 0 spiro atoms. The van der Waals surface area contributed by atoms with Gasteiger partial charge in [0.1, 0.15) is 33.5 Å². The molecular formula is C31H25F4N7O2S2. The van der Waals surface area contributed by atoms with Crippen molar-refractivity contribution in [2.45, 2.75) is 45.1 Å². The van der Waals surface area contributed by atoms with Crippen molar-refractivity contribution >= 4 is 50.4 Å². The minimum absolute atomic E-state index is 0.0315. The monoisotopic (exact) mass is 667 g/mol. The lowest BCUT2D eigenvalue weighted by Crippen LogP contribution is -2.35. The summed E-state index contributed by atoms with van der Waals surface area (Å²) in [5.74, 6) is -1.34. The van der Waals surface area contributed by atoms with Crippen LogP contribution in [0.25, 0.3) is 32.7 Å². The third-order valence-electron chi connectivity index (χ3n) is 7.67. The van der Waals surface area contributed by atoms with Crippen LogP contribution in [0.3, 0.4) is 0 Å². The first kappa shape index (κ1) is 31.3. The van der Waals surface area contributed by atoms with Gasteiger partial charge in [-0.1, -0.05) is 11.3 Å². The molecule has 0 aliphatic carbocycles. The van der Waals surface area contributed by atoms with E-state index in [0.717, 1.165) is 17.8 Å². The number of thiazole rings is 2. The first-order valence-electron chi connectivity index (χ1n) is 14.2. The van der Waals surface area contributed by atoms with E-state index in [4.69, 9.17) is 0 Å². The fourth-order valence-corrected chi connectivity index (χ4v) is 7.06. The summed E-state index contributed by atoms with van der Waals surface area (Å²) >= 11 is 2.17. The van der Waals surface area contributed by atoms with Gasteiger partial charge in [-0.25, -0.2) is 14.4 Å². The van der Waals surface area contributed by atoms with Crippen LogP contribution in [-0.4, -0.2) is 55.0 Å². The maximum absolute atomic E-state index is 14.6. The predicted octanol–water partition coefficient (Wildman–Crippen LogP) is 7.35. The highest BCUT2D eigenvalue weighted by Crippen LogP contribution is 2.35. The van der Waals surface area contributed by atoms with Crippen molar-refractivity contribution < 1.29 is 27.5 Å². The molecule has 0 saturated carbocycles. The Kier molecular flexibility index (Phi) is 8.60. The Morgan fingerprint density at radius 3 is 2.65 bits per heavy atom. The van der Waals surface area contributed by atoms with E-state index < -0.39 is 29.7 Å². The summed E-state index contributed by atoms with van der Waals surface area (Å²) in [5, 5.41) is 25.6. The first-order valence-corrected chi connectivity index (χ1v) is 15.9. The van der Waals surface area contributed by atoms with Crippen LogP contribution in [0.1, 0.15) is 35.9 Å². The van der Waals surface area contributed by atoms with Gasteiger partial charge >= 0.3 is 12.1 Å². The van der Waals surface area contributed by atoms with Gasteiger partial charge in [0, 0.05) is 52.3 Å². The number of fused-ring (bicyclic) bond motifs is 1. The lowest BCUT2D eigenvalue weighted by atomic mass is 10.1. The molecule has 6 rings (SSSR count). The highest BCUT2D eigenvalue weighted by Gasteiger charge is 2.39. The van der Waals surface area contributed by atoms with Gasteiger partial charge in [-0.15, -0.1) is 11.3 Å². The summed E-state index contributed by atoms with van der Waals surface area (Å²) < 4.78 is 58.8. The summed E-state index contributed by atoms with van der Waals surface area (Å²) in [6, 6.07) is 11.9. The number of nitrogens with one attached hydrogen (secondary N) is 1. The molecule has 1 aliphatic rings. The second-order valence-electron chi connectivity index (χ2n) is 10.6. The number of nitrogens with zero attached hydrogens (tertiary/aromatic N) is 6. The first-order chi connectivity index (χ1) is 22.0. The molecule has 2 N–H and O–H groups in total. The van der Waals surface area contributed by atoms with Gasteiger partial charge < -0.3 is 9.67 Å². The maximum Gasteiger partial charge on any atom is 0.435 e. The van der Waals surface area contributed by atoms with E-state index in [9.17, 15) is 32.7 Å². The molecule has 3 aromatic heterocycles. The molecule has 236 valence electrons. The summed E-state index contributed by atoms with van der Waals surface area (Å²) in [4.78, 5) is 22.5. The number of hydrogen-bond donors (Lipinski definition) is 2. The number of likely N-dealkylation sites (tertiary alicyclic amines) is 1. The number of carboxylic acid groups (broad SMARTS) is 1. The molecular weight excluding hydrogens is 643 g/mol. The quantitative estimate of drug-likeness (QED) is 0.0959. The fraction of sp³-hybridized carbons (Fsp3) is 0.258. The Balaban J connectivity index is 1.34. The van der Waals surface area contributed by atoms with Crippen molar-refractivity contribution in [1.82, 2.24) is 19.4 Å². The molecule has 1 saturated heterocycles. The van der Waals surface area contributed by atoms with Crippen LogP contribution in [0.4, 0.5) is 22.7 Å². The maximum atomic E-state index is 14.6. The number of alkyl halides is 3. The minimum atomic E-state index is -4.85. The number of aliphatic carboxylic acids is 1. The van der Waals surface area contributed by atoms with E-state index in [1.807, 2.05) is 23.3 Å². The Morgan fingerprint density at radius 1 is 1.20 bits per heavy atom. The molecule has 1 aliphatic heterocycles. The molecule has 1 fully saturated rings. The molecule has 0 unspecified atom stereocenters. The predicted molar refractivity (Wildman–Crippen MR) is 168 cm³/mol. The van der Waals surface area contributed by atoms with Crippen molar-refractivity contribution in [2.75, 3.05) is 12.0 Å². The Morgan fingerprint density at radius 2 is 1.96 bits per heavy atom. The Hall–Kier alpha value is -4.65. The third kappa shape index (κ3) is 6.23. The lowest BCUT2D eigenvalue weighted by molar-refractivity contribution is -0.142. The molecule has 15 heteroatoms. The largest absolute Gasteiger partial charge is 0.480 e. The number of aromatic nitrogens is 3. The number of halogens is 4. The van der Waals surface area contributed by atoms with Crippen LogP contribution < -0.4 is 5.43 Å². The summed E-state index contributed by atoms with van der Waals surface area (Å²) in [7, 11) is 0. The number of carboxylic acids is 1. The number of aryl methyl sites for hydroxylation is 1. The Labute approximate surface area is 268 Å². The van der Waals surface area contributed by atoms with E-state index in [1.165, 1.54) is 41.8 Å². The van der Waals surface area contributed by atoms with Gasteiger partial charge in [-0.3, -0.25) is 15.1 Å². The third-order valence-corrected chi connectivity index (χ3v) is 9.47. The van der Waals surface area contributed by atoms with Crippen LogP contribution >= 0.6 is 22.7 Å². The smallest absolute Gasteiger partial charge is 0.435 e. The van der Waals surface area contributed by atoms with Crippen LogP contribution in [-0.2, 0) is 17.9 Å². The average Bonchev–Trinajstić information content (AvgIpc) is 3.83. The van der Waals surface area contributed by atoms with Gasteiger partial charge in [0.15, 0.2) is 5.71 Å². The zero-order chi connectivity index (χ0) is 32.6. The number of hydrazone groups is 1. The number of carbonyl (C=O) groups is 1. The molecule has 1 atom stereocenters. The van der Waals surface area contributed by atoms with E-state index >= 15 is 0 Å². The highest BCUT2D eigenvalue weighted by molar-refractivity contribution is 7.16. The van der Waals surface area contributed by atoms with Crippen LogP contribution in [0, 0.1) is 17.1 Å². The van der Waals surface area contributed by atoms with Crippen molar-refractivity contribution in [2.24, 2.45) is 5.10 Å². The zero-order valence-corrected chi connectivity index (χ0v) is 25.8. The standard InChI is InChI=1S/C31H25F4N7O2S2/c1-2-41-15-22(27(31(33,34)35)39-40-30-38-26(25(13-36)46-30)17-5-8-19(32)9-6-17)21-12-18(7-10-23(21)41)28-37-20(16-45-28)14-42-11-3-4-24(42)29(43)44/h5-10,12,15-16,24H,2-4,11,14H2,1H3,(H,38,40)(H,43,44)/b39-27-/t24-/m0/s1. The molecule has 4 heterocycles. The molecule has 5 aromatic rings. The topological polar surface area (TPSA) is 119 Å². The van der Waals surface area contributed by atoms with Crippen molar-refractivity contribution in [3.63, 3.8) is 0 Å². The van der Waals surface area contributed by atoms with Crippen LogP contribution in [0.2, 0.25) is 0 Å². The number of nitriles is 1. The van der Waals surface area contributed by atoms with Crippen LogP contribution in [0.5, 0.6) is 0 Å². The number of hydrogen-bond acceptors (Lipinski definition) is 9. The van der Waals surface area contributed by atoms with Gasteiger partial charge in [0.2, 0.25) is 5.13 Å². The average molecular weight is 668 g/mol. The van der Waals surface area contributed by atoms with Crippen molar-refractivity contribution in [3.05, 3.63) is 76.0 Å². The zero-order valence-electron chi connectivity index (χ0n) is 24.2. The molecule has 2 aromatic carbocycles. The lowest BCUT2D eigenvalue weighted by Gasteiger charge is -2.19. The highest BCUT2D eigenvalue weighted by atomic mass is 32.1. The van der Waals surface area contributed by atoms with Crippen LogP contribution in [0.15, 0.2) is 59.1 Å². The Bertz CT molecular complexity index is 1990. The summed E-state index contributed by atoms with van der Waals surface area (Å²) in [5.41, 5.74) is 3.62. The fourth-order valence-electron chi connectivity index (χ4n) is 5.52. The molecule has 9 nitrogen and oxygen atoms in total. The normalized spacial score (nSPS) is 15.8. The number of rotatable bonds is 9.